The summed E-state index contributed by atoms with van der Waals surface area (Å²) in [6, 6.07) is -0.0342. The molecule has 1 N–H and O–H groups in total. The fraction of sp³-hybridized carbons (Fsp3) is 0.692. The molecule has 0 saturated carbocycles. The molecule has 1 saturated heterocycles. The van der Waals surface area contributed by atoms with Gasteiger partial charge in [-0.2, -0.15) is 0 Å². The van der Waals surface area contributed by atoms with Gasteiger partial charge in [-0.15, -0.1) is 0 Å². The molecular formula is C13H22N2O3. The number of carbonyl (C=O) groups excluding carboxylic acids is 1. The van der Waals surface area contributed by atoms with Crippen molar-refractivity contribution in [1.29, 1.82) is 0 Å². The van der Waals surface area contributed by atoms with Crippen LogP contribution in [-0.4, -0.2) is 53.6 Å². The Hall–Kier alpha value is -1.52. The van der Waals surface area contributed by atoms with E-state index >= 15 is 0 Å². The molecule has 2 amide bonds. The van der Waals surface area contributed by atoms with Gasteiger partial charge >= 0.3 is 12.0 Å². The number of rotatable bonds is 4. The lowest BCUT2D eigenvalue weighted by Gasteiger charge is -2.34. The quantitative estimate of drug-likeness (QED) is 0.778. The number of piperidine rings is 1. The molecule has 1 heterocycles. The number of nitrogens with zero attached hydrogens (tertiary/aromatic N) is 2. The Morgan fingerprint density at radius 2 is 2.17 bits per heavy atom. The molecule has 18 heavy (non-hydrogen) atoms. The highest BCUT2D eigenvalue weighted by atomic mass is 16.4. The largest absolute Gasteiger partial charge is 0.481 e. The molecule has 1 aliphatic heterocycles. The second kappa shape index (κ2) is 6.42. The zero-order valence-corrected chi connectivity index (χ0v) is 11.2. The number of aliphatic carboxylic acids is 1. The van der Waals surface area contributed by atoms with Gasteiger partial charge in [-0.1, -0.05) is 12.2 Å². The van der Waals surface area contributed by atoms with Gasteiger partial charge in [0, 0.05) is 33.1 Å². The van der Waals surface area contributed by atoms with E-state index in [4.69, 9.17) is 5.11 Å². The highest BCUT2D eigenvalue weighted by Gasteiger charge is 2.26. The molecule has 0 spiro atoms. The Kier molecular flexibility index (Phi) is 5.19. The van der Waals surface area contributed by atoms with Gasteiger partial charge in [-0.05, 0) is 25.7 Å². The summed E-state index contributed by atoms with van der Waals surface area (Å²) in [6.07, 6.45) is 1.92. The standard InChI is InChI=1S/C13H22N2O3/c1-10(2)8-14(3)13(18)15-6-4-5-11(9-15)7-12(16)17/h11H,1,4-9H2,2-3H3,(H,16,17). The van der Waals surface area contributed by atoms with Crippen molar-refractivity contribution >= 4 is 12.0 Å². The maximum atomic E-state index is 12.1. The van der Waals surface area contributed by atoms with Crippen LogP contribution in [0.4, 0.5) is 4.79 Å². The number of amides is 2. The van der Waals surface area contributed by atoms with Gasteiger partial charge in [0.1, 0.15) is 0 Å². The van der Waals surface area contributed by atoms with E-state index in [-0.39, 0.29) is 18.4 Å². The molecule has 1 atom stereocenters. The maximum Gasteiger partial charge on any atom is 0.320 e. The number of hydrogen-bond donors (Lipinski definition) is 1. The van der Waals surface area contributed by atoms with E-state index in [0.29, 0.717) is 13.1 Å². The van der Waals surface area contributed by atoms with E-state index in [1.54, 1.807) is 16.8 Å². The van der Waals surface area contributed by atoms with Crippen LogP contribution in [-0.2, 0) is 4.79 Å². The minimum atomic E-state index is -0.787. The summed E-state index contributed by atoms with van der Waals surface area (Å²) in [5.74, 6) is -0.706. The van der Waals surface area contributed by atoms with E-state index in [1.165, 1.54) is 0 Å². The van der Waals surface area contributed by atoms with Crippen LogP contribution in [0.15, 0.2) is 12.2 Å². The molecule has 0 aromatic rings. The molecule has 1 fully saturated rings. The van der Waals surface area contributed by atoms with E-state index in [2.05, 4.69) is 6.58 Å². The van der Waals surface area contributed by atoms with Gasteiger partial charge in [-0.25, -0.2) is 4.79 Å². The predicted octanol–water partition coefficient (Wildman–Crippen LogP) is 1.80. The summed E-state index contributed by atoms with van der Waals surface area (Å²) in [5.41, 5.74) is 0.935. The molecule has 0 aromatic heterocycles. The molecule has 102 valence electrons. The number of carbonyl (C=O) groups is 2. The third kappa shape index (κ3) is 4.39. The van der Waals surface area contributed by atoms with Crippen LogP contribution in [0.1, 0.15) is 26.2 Å². The summed E-state index contributed by atoms with van der Waals surface area (Å²) < 4.78 is 0. The van der Waals surface area contributed by atoms with E-state index in [9.17, 15) is 9.59 Å². The fourth-order valence-corrected chi connectivity index (χ4v) is 2.37. The van der Waals surface area contributed by atoms with Crippen LogP contribution >= 0.6 is 0 Å². The molecule has 1 unspecified atom stereocenters. The molecule has 0 bridgehead atoms. The molecule has 1 rings (SSSR count). The lowest BCUT2D eigenvalue weighted by molar-refractivity contribution is -0.138. The van der Waals surface area contributed by atoms with Gasteiger partial charge < -0.3 is 14.9 Å². The normalized spacial score (nSPS) is 19.4. The Labute approximate surface area is 108 Å². The number of likely N-dealkylation sites (tertiary alicyclic amines) is 1. The van der Waals surface area contributed by atoms with Crippen molar-refractivity contribution in [2.45, 2.75) is 26.2 Å². The molecule has 5 heteroatoms. The lowest BCUT2D eigenvalue weighted by Crippen LogP contribution is -2.46. The SMILES string of the molecule is C=C(C)CN(C)C(=O)N1CCCC(CC(=O)O)C1. The van der Waals surface area contributed by atoms with Crippen molar-refractivity contribution in [3.63, 3.8) is 0 Å². The molecule has 0 aromatic carbocycles. The first-order valence-corrected chi connectivity index (χ1v) is 6.26. The van der Waals surface area contributed by atoms with Gasteiger partial charge in [-0.3, -0.25) is 4.79 Å². The second-order valence-electron chi connectivity index (χ2n) is 5.15. The first-order chi connectivity index (χ1) is 8.40. The summed E-state index contributed by atoms with van der Waals surface area (Å²) >= 11 is 0. The van der Waals surface area contributed by atoms with Crippen molar-refractivity contribution in [3.05, 3.63) is 12.2 Å². The van der Waals surface area contributed by atoms with Crippen LogP contribution in [0.3, 0.4) is 0 Å². The molecule has 5 nitrogen and oxygen atoms in total. The van der Waals surface area contributed by atoms with E-state index in [1.807, 2.05) is 6.92 Å². The van der Waals surface area contributed by atoms with E-state index < -0.39 is 5.97 Å². The third-order valence-corrected chi connectivity index (χ3v) is 3.09. The average Bonchev–Trinajstić information content (AvgIpc) is 2.26. The number of urea groups is 1. The van der Waals surface area contributed by atoms with Gasteiger partial charge in [0.05, 0.1) is 0 Å². The first kappa shape index (κ1) is 14.5. The van der Waals surface area contributed by atoms with Crippen LogP contribution in [0.2, 0.25) is 0 Å². The Morgan fingerprint density at radius 3 is 2.72 bits per heavy atom. The van der Waals surface area contributed by atoms with Crippen molar-refractivity contribution in [2.24, 2.45) is 5.92 Å². The number of hydrogen-bond acceptors (Lipinski definition) is 2. The van der Waals surface area contributed by atoms with Crippen LogP contribution in [0.25, 0.3) is 0 Å². The number of carboxylic acids is 1. The third-order valence-electron chi connectivity index (χ3n) is 3.09. The Balaban J connectivity index is 2.52. The zero-order valence-electron chi connectivity index (χ0n) is 11.2. The second-order valence-corrected chi connectivity index (χ2v) is 5.15. The molecular weight excluding hydrogens is 232 g/mol. The Bertz CT molecular complexity index is 341. The fourth-order valence-electron chi connectivity index (χ4n) is 2.37. The minimum absolute atomic E-state index is 0.0342. The molecule has 1 aliphatic rings. The van der Waals surface area contributed by atoms with Gasteiger partial charge in [0.2, 0.25) is 0 Å². The van der Waals surface area contributed by atoms with Crippen molar-refractivity contribution < 1.29 is 14.7 Å². The average molecular weight is 254 g/mol. The Morgan fingerprint density at radius 1 is 1.50 bits per heavy atom. The molecule has 0 aliphatic carbocycles. The summed E-state index contributed by atoms with van der Waals surface area (Å²) in [4.78, 5) is 26.2. The smallest absolute Gasteiger partial charge is 0.320 e. The van der Waals surface area contributed by atoms with Crippen molar-refractivity contribution in [3.8, 4) is 0 Å². The maximum absolute atomic E-state index is 12.1. The summed E-state index contributed by atoms with van der Waals surface area (Å²) in [7, 11) is 1.75. The number of likely N-dealkylation sites (N-methyl/N-ethyl adjacent to an activating group) is 1. The van der Waals surface area contributed by atoms with Crippen LogP contribution in [0.5, 0.6) is 0 Å². The van der Waals surface area contributed by atoms with E-state index in [0.717, 1.165) is 25.0 Å². The zero-order chi connectivity index (χ0) is 13.7. The predicted molar refractivity (Wildman–Crippen MR) is 69.4 cm³/mol. The summed E-state index contributed by atoms with van der Waals surface area (Å²) in [5, 5.41) is 8.79. The van der Waals surface area contributed by atoms with Gasteiger partial charge in [0.15, 0.2) is 0 Å². The van der Waals surface area contributed by atoms with Gasteiger partial charge in [0.25, 0.3) is 0 Å². The lowest BCUT2D eigenvalue weighted by atomic mass is 9.95. The highest BCUT2D eigenvalue weighted by Crippen LogP contribution is 2.20. The summed E-state index contributed by atoms with van der Waals surface area (Å²) in [6.45, 7) is 7.47. The van der Waals surface area contributed by atoms with Crippen LogP contribution < -0.4 is 0 Å². The van der Waals surface area contributed by atoms with Crippen LogP contribution in [0, 0.1) is 5.92 Å². The highest BCUT2D eigenvalue weighted by molar-refractivity contribution is 5.74. The monoisotopic (exact) mass is 254 g/mol. The van der Waals surface area contributed by atoms with Crippen molar-refractivity contribution in [1.82, 2.24) is 9.80 Å². The minimum Gasteiger partial charge on any atom is -0.481 e. The number of carboxylic acid groups (broad SMARTS) is 1. The first-order valence-electron chi connectivity index (χ1n) is 6.26. The topological polar surface area (TPSA) is 60.9 Å². The van der Waals surface area contributed by atoms with Crippen molar-refractivity contribution in [2.75, 3.05) is 26.7 Å². The molecule has 0 radical (unpaired) electrons.